The number of carbonyl (C=O) groups is 1. The van der Waals surface area contributed by atoms with Crippen LogP contribution in [0.1, 0.15) is 63.4 Å². The Morgan fingerprint density at radius 3 is 2.63 bits per heavy atom. The van der Waals surface area contributed by atoms with Gasteiger partial charge in [-0.15, -0.1) is 11.3 Å². The fourth-order valence-electron chi connectivity index (χ4n) is 5.54. The first-order valence-corrected chi connectivity index (χ1v) is 10.8. The lowest BCUT2D eigenvalue weighted by Crippen LogP contribution is -2.57. The molecule has 1 aromatic heterocycles. The summed E-state index contributed by atoms with van der Waals surface area (Å²) < 4.78 is 0. The number of anilines is 1. The minimum absolute atomic E-state index is 0.0359. The Hall–Kier alpha value is -1.18. The molecule has 1 aromatic rings. The van der Waals surface area contributed by atoms with Gasteiger partial charge in [-0.3, -0.25) is 4.79 Å². The highest BCUT2D eigenvalue weighted by atomic mass is 32.1. The Morgan fingerprint density at radius 2 is 2.04 bits per heavy atom. The lowest BCUT2D eigenvalue weighted by atomic mass is 9.47. The van der Waals surface area contributed by atoms with Gasteiger partial charge in [-0.05, 0) is 44.4 Å². The lowest BCUT2D eigenvalue weighted by molar-refractivity contribution is -0.147. The van der Waals surface area contributed by atoms with Crippen molar-refractivity contribution in [3.8, 4) is 0 Å². The van der Waals surface area contributed by atoms with E-state index in [2.05, 4.69) is 11.9 Å². The van der Waals surface area contributed by atoms with E-state index in [9.17, 15) is 15.0 Å². The topological polar surface area (TPSA) is 99.7 Å². The van der Waals surface area contributed by atoms with Gasteiger partial charge in [0.15, 0.2) is 5.13 Å². The van der Waals surface area contributed by atoms with Crippen LogP contribution in [0, 0.1) is 16.7 Å². The first kappa shape index (κ1) is 20.6. The number of fused-ring (bicyclic) bond motifs is 2. The summed E-state index contributed by atoms with van der Waals surface area (Å²) in [5.74, 6) is 0.188. The first-order chi connectivity index (χ1) is 12.7. The van der Waals surface area contributed by atoms with Crippen LogP contribution in [0.15, 0.2) is 0 Å². The molecular formula is C20H33N3O3S. The number of aliphatic hydroxyl groups is 2. The average molecular weight is 396 g/mol. The zero-order chi connectivity index (χ0) is 20.0. The Bertz CT molecular complexity index is 705. The Kier molecular flexibility index (Phi) is 5.58. The fourth-order valence-corrected chi connectivity index (χ4v) is 6.48. The van der Waals surface area contributed by atoms with Crippen molar-refractivity contribution < 1.29 is 15.0 Å². The molecule has 1 amide bonds. The molecule has 0 bridgehead atoms. The van der Waals surface area contributed by atoms with Gasteiger partial charge in [0, 0.05) is 35.7 Å². The molecule has 1 saturated carbocycles. The summed E-state index contributed by atoms with van der Waals surface area (Å²) >= 11 is 1.49. The number of hydrogen-bond donors (Lipinski definition) is 3. The number of nitrogen functional groups attached to an aromatic ring is 1. The van der Waals surface area contributed by atoms with Crippen molar-refractivity contribution in [2.75, 3.05) is 25.4 Å². The van der Waals surface area contributed by atoms with Crippen LogP contribution < -0.4 is 5.73 Å². The van der Waals surface area contributed by atoms with E-state index in [4.69, 9.17) is 5.73 Å². The molecule has 0 spiro atoms. The summed E-state index contributed by atoms with van der Waals surface area (Å²) in [5.41, 5.74) is 6.22. The average Bonchev–Trinajstić information content (AvgIpc) is 3.01. The van der Waals surface area contributed by atoms with Gasteiger partial charge in [-0.1, -0.05) is 13.8 Å². The van der Waals surface area contributed by atoms with E-state index in [1.165, 1.54) is 11.3 Å². The van der Waals surface area contributed by atoms with Gasteiger partial charge in [-0.2, -0.15) is 0 Å². The number of amides is 1. The van der Waals surface area contributed by atoms with E-state index in [0.29, 0.717) is 31.1 Å². The highest BCUT2D eigenvalue weighted by Gasteiger charge is 2.59. The number of nitrogens with zero attached hydrogens (tertiary/aromatic N) is 2. The molecule has 152 valence electrons. The summed E-state index contributed by atoms with van der Waals surface area (Å²) in [5, 5.41) is 21.4. The van der Waals surface area contributed by atoms with E-state index in [1.807, 2.05) is 25.7 Å². The molecule has 3 rings (SSSR count). The van der Waals surface area contributed by atoms with Crippen molar-refractivity contribution >= 4 is 22.4 Å². The lowest BCUT2D eigenvalue weighted by Gasteiger charge is -2.58. The van der Waals surface area contributed by atoms with Gasteiger partial charge in [0.25, 0.3) is 0 Å². The number of hydrogen-bond acceptors (Lipinski definition) is 6. The molecule has 0 aromatic carbocycles. The molecule has 7 heteroatoms. The number of carbonyl (C=O) groups excluding carboxylic acids is 1. The van der Waals surface area contributed by atoms with Crippen molar-refractivity contribution in [3.63, 3.8) is 0 Å². The third kappa shape index (κ3) is 3.17. The normalized spacial score (nSPS) is 35.4. The summed E-state index contributed by atoms with van der Waals surface area (Å²) in [6.45, 7) is 9.53. The van der Waals surface area contributed by atoms with Gasteiger partial charge in [0.05, 0.1) is 18.4 Å². The van der Waals surface area contributed by atoms with E-state index in [1.54, 1.807) is 0 Å². The molecule has 2 aliphatic rings. The van der Waals surface area contributed by atoms with Crippen LogP contribution in [-0.2, 0) is 11.2 Å². The largest absolute Gasteiger partial charge is 0.396 e. The monoisotopic (exact) mass is 395 g/mol. The predicted molar refractivity (Wildman–Crippen MR) is 108 cm³/mol. The Morgan fingerprint density at radius 1 is 1.37 bits per heavy atom. The molecule has 0 aliphatic heterocycles. The number of aliphatic hydroxyl groups excluding tert-OH is 2. The predicted octanol–water partition coefficient (Wildman–Crippen LogP) is 2.40. The third-order valence-corrected chi connectivity index (χ3v) is 8.33. The molecule has 2 aliphatic carbocycles. The molecule has 0 radical (unpaired) electrons. The third-order valence-electron chi connectivity index (χ3n) is 7.41. The maximum atomic E-state index is 13.0. The highest BCUT2D eigenvalue weighted by Crippen LogP contribution is 2.62. The molecule has 6 nitrogen and oxygen atoms in total. The molecule has 5 atom stereocenters. The number of aromatic nitrogens is 1. The van der Waals surface area contributed by atoms with E-state index < -0.39 is 11.5 Å². The summed E-state index contributed by atoms with van der Waals surface area (Å²) in [6, 6.07) is 0. The van der Waals surface area contributed by atoms with Crippen molar-refractivity contribution in [1.29, 1.82) is 0 Å². The van der Waals surface area contributed by atoms with Gasteiger partial charge in [0.2, 0.25) is 5.91 Å². The van der Waals surface area contributed by atoms with Crippen LogP contribution >= 0.6 is 11.3 Å². The van der Waals surface area contributed by atoms with Gasteiger partial charge >= 0.3 is 0 Å². The molecule has 0 saturated heterocycles. The minimum Gasteiger partial charge on any atom is -0.396 e. The molecule has 1 fully saturated rings. The van der Waals surface area contributed by atoms with Crippen LogP contribution in [0.3, 0.4) is 0 Å². The maximum absolute atomic E-state index is 13.0. The second-order valence-electron chi connectivity index (χ2n) is 8.66. The fraction of sp³-hybridized carbons (Fsp3) is 0.800. The quantitative estimate of drug-likeness (QED) is 0.711. The number of nitrogens with two attached hydrogens (primary N) is 1. The van der Waals surface area contributed by atoms with Crippen LogP contribution in [0.2, 0.25) is 0 Å². The van der Waals surface area contributed by atoms with E-state index in [-0.39, 0.29) is 29.8 Å². The van der Waals surface area contributed by atoms with E-state index >= 15 is 0 Å². The van der Waals surface area contributed by atoms with Crippen molar-refractivity contribution in [2.45, 2.75) is 65.4 Å². The maximum Gasteiger partial charge on any atom is 0.223 e. The standard InChI is InChI=1S/C20H33N3O3S/c1-5-23(6-2)16(26)9-12-17-13(27-18(21)22-17)10-14-19(12,3)8-7-15(25)20(14,4)11-24/h12,14-15,24-25H,5-11H2,1-4H3,(H2,21,22)/t12-,14+,15-,19+,20+/m1/s1. The van der Waals surface area contributed by atoms with Crippen LogP contribution in [0.4, 0.5) is 5.13 Å². The van der Waals surface area contributed by atoms with Crippen molar-refractivity contribution in [2.24, 2.45) is 16.7 Å². The molecule has 0 unspecified atom stereocenters. The summed E-state index contributed by atoms with van der Waals surface area (Å²) in [4.78, 5) is 20.6. The smallest absolute Gasteiger partial charge is 0.223 e. The zero-order valence-corrected chi connectivity index (χ0v) is 17.7. The molecule has 1 heterocycles. The van der Waals surface area contributed by atoms with E-state index in [0.717, 1.165) is 23.4 Å². The van der Waals surface area contributed by atoms with Gasteiger partial charge < -0.3 is 20.8 Å². The first-order valence-electron chi connectivity index (χ1n) is 10.0. The summed E-state index contributed by atoms with van der Waals surface area (Å²) in [7, 11) is 0. The Balaban J connectivity index is 2.05. The van der Waals surface area contributed by atoms with Crippen LogP contribution in [-0.4, -0.2) is 51.8 Å². The Labute approximate surface area is 165 Å². The second-order valence-corrected chi connectivity index (χ2v) is 9.78. The van der Waals surface area contributed by atoms with Crippen molar-refractivity contribution in [1.82, 2.24) is 9.88 Å². The SMILES string of the molecule is CCN(CC)C(=O)C[C@@H]1c2nc(N)sc2C[C@@H]2[C@](C)(CO)[C@H](O)CC[C@]21C. The molecule has 27 heavy (non-hydrogen) atoms. The molecule has 4 N–H and O–H groups in total. The van der Waals surface area contributed by atoms with Crippen LogP contribution in [0.5, 0.6) is 0 Å². The van der Waals surface area contributed by atoms with Crippen molar-refractivity contribution in [3.05, 3.63) is 10.6 Å². The van der Waals surface area contributed by atoms with Gasteiger partial charge in [0.1, 0.15) is 0 Å². The van der Waals surface area contributed by atoms with Crippen LogP contribution in [0.25, 0.3) is 0 Å². The number of thiazole rings is 1. The van der Waals surface area contributed by atoms with Gasteiger partial charge in [-0.25, -0.2) is 4.98 Å². The minimum atomic E-state index is -0.583. The zero-order valence-electron chi connectivity index (χ0n) is 16.9. The molecular weight excluding hydrogens is 362 g/mol. The number of rotatable bonds is 5. The highest BCUT2D eigenvalue weighted by molar-refractivity contribution is 7.15. The summed E-state index contributed by atoms with van der Waals surface area (Å²) in [6.07, 6.45) is 2.08. The second kappa shape index (κ2) is 7.33.